The van der Waals surface area contributed by atoms with Gasteiger partial charge in [-0.2, -0.15) is 0 Å². The second-order valence-corrected chi connectivity index (χ2v) is 22.2. The average molecular weight is 1210 g/mol. The van der Waals surface area contributed by atoms with Crippen LogP contribution in [0.2, 0.25) is 0 Å². The second kappa shape index (κ2) is 37.2. The van der Waals surface area contributed by atoms with E-state index in [4.69, 9.17) is 22.9 Å². The zero-order valence-corrected chi connectivity index (χ0v) is 50.2. The van der Waals surface area contributed by atoms with Gasteiger partial charge in [-0.15, -0.1) is 0 Å². The number of aromatic hydroxyl groups is 1. The summed E-state index contributed by atoms with van der Waals surface area (Å²) >= 11 is 0. The van der Waals surface area contributed by atoms with Crippen molar-refractivity contribution in [2.24, 2.45) is 34.8 Å². The molecule has 1 aromatic heterocycles. The molecule has 0 aliphatic carbocycles. The third-order valence-electron chi connectivity index (χ3n) is 14.5. The summed E-state index contributed by atoms with van der Waals surface area (Å²) in [7, 11) is 0. The molecular weight excluding hydrogens is 1120 g/mol. The number of carboxylic acid groups (broad SMARTS) is 1. The number of phenols is 1. The van der Waals surface area contributed by atoms with Crippen LogP contribution in [0.3, 0.4) is 0 Å². The van der Waals surface area contributed by atoms with Crippen LogP contribution in [-0.4, -0.2) is 155 Å². The fourth-order valence-corrected chi connectivity index (χ4v) is 9.47. The number of H-pyrrole nitrogens is 1. The molecule has 4 rings (SSSR count). The van der Waals surface area contributed by atoms with E-state index in [1.54, 1.807) is 82.4 Å². The predicted molar refractivity (Wildman–Crippen MR) is 327 cm³/mol. The average Bonchev–Trinajstić information content (AvgIpc) is 2.44. The van der Waals surface area contributed by atoms with Crippen molar-refractivity contribution in [3.63, 3.8) is 0 Å². The molecule has 8 atom stereocenters. The number of carbonyl (C=O) groups excluding carboxylic acids is 9. The number of hydrogen-bond acceptors (Lipinski definition) is 15. The van der Waals surface area contributed by atoms with Gasteiger partial charge < -0.3 is 86.0 Å². The number of rotatable bonds is 39. The molecule has 0 fully saturated rings. The van der Waals surface area contributed by atoms with Crippen LogP contribution >= 0.6 is 0 Å². The molecule has 0 saturated carbocycles. The van der Waals surface area contributed by atoms with Crippen LogP contribution < -0.4 is 70.8 Å². The van der Waals surface area contributed by atoms with Gasteiger partial charge in [0.15, 0.2) is 0 Å². The number of aliphatic carboxylic acids is 1. The molecule has 3 aromatic carbocycles. The van der Waals surface area contributed by atoms with E-state index in [1.807, 2.05) is 18.2 Å². The van der Waals surface area contributed by atoms with Crippen molar-refractivity contribution in [1.82, 2.24) is 52.8 Å². The molecule has 476 valence electrons. The largest absolute Gasteiger partial charge is 0.508 e. The highest BCUT2D eigenvalue weighted by molar-refractivity contribution is 5.98. The molecule has 20 N–H and O–H groups in total. The van der Waals surface area contributed by atoms with Crippen LogP contribution in [0.1, 0.15) is 102 Å². The van der Waals surface area contributed by atoms with Gasteiger partial charge in [-0.3, -0.25) is 43.2 Å². The monoisotopic (exact) mass is 1210 g/mol. The Morgan fingerprint density at radius 3 is 1.46 bits per heavy atom. The van der Waals surface area contributed by atoms with Crippen LogP contribution in [0, 0.1) is 11.8 Å². The smallest absolute Gasteiger partial charge is 0.326 e. The molecule has 87 heavy (non-hydrogen) atoms. The van der Waals surface area contributed by atoms with Gasteiger partial charge in [0.2, 0.25) is 53.2 Å². The summed E-state index contributed by atoms with van der Waals surface area (Å²) in [5, 5.41) is 44.5. The number of phenolic OH excluding ortho intramolecular Hbond substituents is 1. The van der Waals surface area contributed by atoms with Gasteiger partial charge in [0.1, 0.15) is 48.0 Å². The SMILES string of the molecule is CC(C)C(NC(=O)[C@H](Cc1ccc(O)cc1)NC(=O)[C@H](Cc1ccccc1)NC(=O)CNC(=O)C(N)CCCCN)C(=O)N[C@H](C(=O)NCC(=O)N[C@@H](Cc1c[nH]c2ccccc12)C(=O)N[C@@H](CCCCN)C(=O)N[C@@H](CCCCN)C(=O)O)C(C)C. The Bertz CT molecular complexity index is 2890. The number of fused-ring (bicyclic) bond motifs is 1. The number of hydrogen-bond donors (Lipinski definition) is 16. The molecule has 0 radical (unpaired) electrons. The van der Waals surface area contributed by atoms with Crippen molar-refractivity contribution < 1.29 is 58.2 Å². The number of nitrogens with two attached hydrogens (primary N) is 4. The van der Waals surface area contributed by atoms with Crippen molar-refractivity contribution in [2.75, 3.05) is 32.7 Å². The number of carbonyl (C=O) groups is 10. The van der Waals surface area contributed by atoms with Crippen LogP contribution in [0.5, 0.6) is 5.75 Å². The Morgan fingerprint density at radius 2 is 0.897 bits per heavy atom. The predicted octanol–water partition coefficient (Wildman–Crippen LogP) is -0.362. The Kier molecular flexibility index (Phi) is 30.3. The van der Waals surface area contributed by atoms with E-state index < -0.39 is 132 Å². The molecule has 0 aliphatic rings. The quantitative estimate of drug-likeness (QED) is 0.0254. The zero-order valence-electron chi connectivity index (χ0n) is 50.2. The van der Waals surface area contributed by atoms with Crippen molar-refractivity contribution in [3.8, 4) is 5.75 Å². The molecular formula is C61H90N14O12. The van der Waals surface area contributed by atoms with E-state index >= 15 is 0 Å². The Morgan fingerprint density at radius 1 is 0.460 bits per heavy atom. The maximum atomic E-state index is 14.5. The maximum absolute atomic E-state index is 14.5. The Balaban J connectivity index is 1.52. The lowest BCUT2D eigenvalue weighted by molar-refractivity contribution is -0.142. The van der Waals surface area contributed by atoms with Gasteiger partial charge in [-0.25, -0.2) is 4.79 Å². The first-order valence-electron chi connectivity index (χ1n) is 29.7. The van der Waals surface area contributed by atoms with Crippen LogP contribution in [-0.2, 0) is 67.2 Å². The molecule has 0 aliphatic heterocycles. The van der Waals surface area contributed by atoms with Gasteiger partial charge in [0, 0.05) is 36.4 Å². The number of unbranched alkanes of at least 4 members (excludes halogenated alkanes) is 3. The number of benzene rings is 3. The summed E-state index contributed by atoms with van der Waals surface area (Å²) in [5.74, 6) is -9.28. The van der Waals surface area contributed by atoms with Crippen molar-refractivity contribution in [3.05, 3.63) is 102 Å². The summed E-state index contributed by atoms with van der Waals surface area (Å²) in [5.41, 5.74) is 25.4. The summed E-state index contributed by atoms with van der Waals surface area (Å²) in [6.07, 6.45) is 5.14. The first-order chi connectivity index (χ1) is 41.5. The van der Waals surface area contributed by atoms with E-state index in [2.05, 4.69) is 52.8 Å². The van der Waals surface area contributed by atoms with Crippen molar-refractivity contribution in [1.29, 1.82) is 0 Å². The second-order valence-electron chi connectivity index (χ2n) is 22.2. The lowest BCUT2D eigenvalue weighted by Crippen LogP contribution is -2.61. The highest BCUT2D eigenvalue weighted by Gasteiger charge is 2.35. The van der Waals surface area contributed by atoms with Crippen molar-refractivity contribution >= 4 is 70.0 Å². The molecule has 0 saturated heterocycles. The normalized spacial score (nSPS) is 14.0. The van der Waals surface area contributed by atoms with Crippen LogP contribution in [0.15, 0.2) is 85.1 Å². The van der Waals surface area contributed by atoms with Gasteiger partial charge in [-0.1, -0.05) is 94.8 Å². The third-order valence-corrected chi connectivity index (χ3v) is 14.5. The lowest BCUT2D eigenvalue weighted by atomic mass is 9.98. The standard InChI is InChI=1S/C61H90N14O12/c1-36(2)52(59(84)68-35-51(78)70-49(32-40-33-66-44-20-9-8-18-42(40)44)57(82)71-45(21-11-14-28-63)55(80)72-46(61(86)87)22-12-15-29-64)75-60(85)53(37(3)4)74-58(83)48(31-39-23-25-41(76)26-24-39)73-56(81)47(30-38-16-6-5-7-17-38)69-50(77)34-67-54(79)43(65)19-10-13-27-62/h5-9,16-18,20,23-26,33,36-37,43,45-49,52-53,66,76H,10-15,19,21-22,27-32,34-35,62-65H2,1-4H3,(H,67,79)(H,68,84)(H,69,77)(H,70,78)(H,71,82)(H,72,80)(H,73,81)(H,74,83)(H,75,85)(H,86,87)/t43?,45-,46-,47-,48-,49-,52-,53?/m0/s1. The number of carboxylic acids is 1. The van der Waals surface area contributed by atoms with Gasteiger partial charge in [0.25, 0.3) is 0 Å². The van der Waals surface area contributed by atoms with Crippen LogP contribution in [0.25, 0.3) is 10.9 Å². The number of para-hydroxylation sites is 1. The topological polar surface area (TPSA) is 439 Å². The Labute approximate surface area is 507 Å². The van der Waals surface area contributed by atoms with E-state index in [1.165, 1.54) is 12.1 Å². The molecule has 4 aromatic rings. The highest BCUT2D eigenvalue weighted by Crippen LogP contribution is 2.20. The minimum atomic E-state index is -1.39. The zero-order chi connectivity index (χ0) is 64.0. The number of nitrogens with one attached hydrogen (secondary N) is 10. The van der Waals surface area contributed by atoms with E-state index in [9.17, 15) is 58.2 Å². The molecule has 26 nitrogen and oxygen atoms in total. The minimum absolute atomic E-state index is 0.0259. The molecule has 9 amide bonds. The number of aromatic amines is 1. The molecule has 1 heterocycles. The minimum Gasteiger partial charge on any atom is -0.508 e. The molecule has 0 spiro atoms. The summed E-state index contributed by atoms with van der Waals surface area (Å²) in [6.45, 7) is 6.49. The third kappa shape index (κ3) is 24.4. The first kappa shape index (κ1) is 71.0. The lowest BCUT2D eigenvalue weighted by Gasteiger charge is -2.29. The fourth-order valence-electron chi connectivity index (χ4n) is 9.47. The Hall–Kier alpha value is -8.46. The van der Waals surface area contributed by atoms with E-state index in [0.29, 0.717) is 81.3 Å². The molecule has 26 heteroatoms. The molecule has 2 unspecified atom stereocenters. The van der Waals surface area contributed by atoms with Crippen molar-refractivity contribution in [2.45, 2.75) is 153 Å². The van der Waals surface area contributed by atoms with Gasteiger partial charge in [0.05, 0.1) is 19.1 Å². The number of amides is 9. The summed E-state index contributed by atoms with van der Waals surface area (Å²) in [4.78, 5) is 140. The molecule has 0 bridgehead atoms. The summed E-state index contributed by atoms with van der Waals surface area (Å²) in [6, 6.07) is 12.0. The van der Waals surface area contributed by atoms with E-state index in [-0.39, 0.29) is 37.9 Å². The summed E-state index contributed by atoms with van der Waals surface area (Å²) < 4.78 is 0. The first-order valence-corrected chi connectivity index (χ1v) is 29.7. The van der Waals surface area contributed by atoms with E-state index in [0.717, 1.165) is 10.9 Å². The fraction of sp³-hybridized carbons (Fsp3) is 0.508. The van der Waals surface area contributed by atoms with Gasteiger partial charge in [-0.05, 0) is 118 Å². The maximum Gasteiger partial charge on any atom is 0.326 e. The van der Waals surface area contributed by atoms with Crippen LogP contribution in [0.4, 0.5) is 0 Å². The number of aromatic nitrogens is 1. The highest BCUT2D eigenvalue weighted by atomic mass is 16.4. The van der Waals surface area contributed by atoms with Gasteiger partial charge >= 0.3 is 5.97 Å².